The van der Waals surface area contributed by atoms with Crippen LogP contribution in [0.15, 0.2) is 30.3 Å². The Bertz CT molecular complexity index is 446. The van der Waals surface area contributed by atoms with Crippen molar-refractivity contribution in [3.8, 4) is 0 Å². The molecule has 0 saturated carbocycles. The lowest BCUT2D eigenvalue weighted by molar-refractivity contribution is -0.144. The van der Waals surface area contributed by atoms with Gasteiger partial charge in [0.05, 0.1) is 11.5 Å². The van der Waals surface area contributed by atoms with Crippen molar-refractivity contribution in [1.29, 1.82) is 0 Å². The molecule has 2 atom stereocenters. The Morgan fingerprint density at radius 1 is 1.38 bits per heavy atom. The Morgan fingerprint density at radius 3 is 2.67 bits per heavy atom. The number of nitrogens with zero attached hydrogens (tertiary/aromatic N) is 1. The second-order valence-corrected chi connectivity index (χ2v) is 6.31. The first kappa shape index (κ1) is 16.0. The Morgan fingerprint density at radius 2 is 2.10 bits per heavy atom. The fraction of sp³-hybridized carbons (Fsp3) is 0.611. The van der Waals surface area contributed by atoms with Crippen LogP contribution < -0.4 is 5.32 Å². The summed E-state index contributed by atoms with van der Waals surface area (Å²) in [5.41, 5.74) is 0.994. The first-order valence-electron chi connectivity index (χ1n) is 8.13. The van der Waals surface area contributed by atoms with E-state index >= 15 is 0 Å². The maximum absolute atomic E-state index is 13.1. The van der Waals surface area contributed by atoms with Crippen LogP contribution in [-0.4, -0.2) is 30.9 Å². The fourth-order valence-electron chi connectivity index (χ4n) is 3.45. The van der Waals surface area contributed by atoms with Crippen molar-refractivity contribution in [3.05, 3.63) is 35.9 Å². The summed E-state index contributed by atoms with van der Waals surface area (Å²) in [6, 6.07) is 10.4. The van der Waals surface area contributed by atoms with Gasteiger partial charge in [-0.2, -0.15) is 0 Å². The quantitative estimate of drug-likeness (QED) is 0.901. The van der Waals surface area contributed by atoms with Crippen molar-refractivity contribution in [2.24, 2.45) is 5.41 Å². The average Bonchev–Trinajstić information content (AvgIpc) is 2.54. The Balaban J connectivity index is 2.16. The number of amides is 1. The maximum atomic E-state index is 13.1. The van der Waals surface area contributed by atoms with Crippen LogP contribution in [0.25, 0.3) is 0 Å². The van der Waals surface area contributed by atoms with Crippen molar-refractivity contribution in [2.45, 2.75) is 45.6 Å². The summed E-state index contributed by atoms with van der Waals surface area (Å²) < 4.78 is 0. The van der Waals surface area contributed by atoms with E-state index in [0.29, 0.717) is 5.91 Å². The van der Waals surface area contributed by atoms with Crippen LogP contribution in [0.5, 0.6) is 0 Å². The summed E-state index contributed by atoms with van der Waals surface area (Å²) in [7, 11) is 1.95. The van der Waals surface area contributed by atoms with Gasteiger partial charge >= 0.3 is 0 Å². The van der Waals surface area contributed by atoms with E-state index in [0.717, 1.165) is 38.8 Å². The van der Waals surface area contributed by atoms with E-state index in [1.54, 1.807) is 0 Å². The molecular formula is C18H28N2O. The zero-order valence-electron chi connectivity index (χ0n) is 13.6. The Hall–Kier alpha value is -1.35. The largest absolute Gasteiger partial charge is 0.338 e. The van der Waals surface area contributed by atoms with Gasteiger partial charge in [-0.25, -0.2) is 0 Å². The summed E-state index contributed by atoms with van der Waals surface area (Å²) in [6.45, 7) is 6.15. The summed E-state index contributed by atoms with van der Waals surface area (Å²) in [5.74, 6) is 0.299. The predicted octanol–water partition coefficient (Wildman–Crippen LogP) is 3.38. The normalized spacial score (nSPS) is 23.6. The van der Waals surface area contributed by atoms with Gasteiger partial charge in [0, 0.05) is 13.6 Å². The molecular weight excluding hydrogens is 260 g/mol. The third-order valence-corrected chi connectivity index (χ3v) is 4.84. The summed E-state index contributed by atoms with van der Waals surface area (Å²) in [5, 5.41) is 3.43. The molecule has 21 heavy (non-hydrogen) atoms. The second kappa shape index (κ2) is 7.08. The van der Waals surface area contributed by atoms with Gasteiger partial charge in [0.1, 0.15) is 0 Å². The molecule has 2 rings (SSSR count). The van der Waals surface area contributed by atoms with Crippen LogP contribution in [0, 0.1) is 5.41 Å². The maximum Gasteiger partial charge on any atom is 0.230 e. The van der Waals surface area contributed by atoms with Crippen molar-refractivity contribution in [2.75, 3.05) is 20.1 Å². The minimum atomic E-state index is -0.204. The molecule has 3 heteroatoms. The van der Waals surface area contributed by atoms with Crippen molar-refractivity contribution in [1.82, 2.24) is 10.2 Å². The van der Waals surface area contributed by atoms with Crippen LogP contribution in [0.1, 0.15) is 51.1 Å². The van der Waals surface area contributed by atoms with E-state index < -0.39 is 0 Å². The van der Waals surface area contributed by atoms with E-state index in [1.807, 2.05) is 30.1 Å². The molecule has 0 radical (unpaired) electrons. The molecule has 1 heterocycles. The molecule has 0 bridgehead atoms. The Labute approximate surface area is 128 Å². The van der Waals surface area contributed by atoms with Crippen molar-refractivity contribution in [3.63, 3.8) is 0 Å². The first-order chi connectivity index (χ1) is 10.1. The number of nitrogens with one attached hydrogen (secondary N) is 1. The van der Waals surface area contributed by atoms with Gasteiger partial charge in [-0.1, -0.05) is 43.7 Å². The summed E-state index contributed by atoms with van der Waals surface area (Å²) in [6.07, 6.45) is 4.14. The van der Waals surface area contributed by atoms with Crippen LogP contribution in [0.4, 0.5) is 0 Å². The molecule has 1 fully saturated rings. The van der Waals surface area contributed by atoms with E-state index in [2.05, 4.69) is 31.3 Å². The third kappa shape index (κ3) is 3.46. The molecule has 1 aromatic carbocycles. The number of rotatable bonds is 5. The van der Waals surface area contributed by atoms with Gasteiger partial charge in [0.2, 0.25) is 5.91 Å². The van der Waals surface area contributed by atoms with Crippen LogP contribution in [0.3, 0.4) is 0 Å². The molecule has 1 N–H and O–H groups in total. The Kier molecular flexibility index (Phi) is 5.40. The average molecular weight is 288 g/mol. The van der Waals surface area contributed by atoms with Crippen LogP contribution in [0.2, 0.25) is 0 Å². The molecule has 1 aliphatic rings. The van der Waals surface area contributed by atoms with Crippen LogP contribution >= 0.6 is 0 Å². The number of benzene rings is 1. The van der Waals surface area contributed by atoms with Gasteiger partial charge in [-0.3, -0.25) is 4.79 Å². The van der Waals surface area contributed by atoms with E-state index in [1.165, 1.54) is 5.56 Å². The second-order valence-electron chi connectivity index (χ2n) is 6.31. The molecule has 1 aromatic rings. The molecule has 1 aliphatic heterocycles. The van der Waals surface area contributed by atoms with Gasteiger partial charge in [-0.05, 0) is 38.3 Å². The van der Waals surface area contributed by atoms with Gasteiger partial charge in [-0.15, -0.1) is 0 Å². The summed E-state index contributed by atoms with van der Waals surface area (Å²) in [4.78, 5) is 15.1. The van der Waals surface area contributed by atoms with Crippen molar-refractivity contribution >= 4 is 5.91 Å². The third-order valence-electron chi connectivity index (χ3n) is 4.84. The van der Waals surface area contributed by atoms with Gasteiger partial charge in [0.15, 0.2) is 0 Å². The molecule has 2 unspecified atom stereocenters. The highest BCUT2D eigenvalue weighted by atomic mass is 16.2. The number of hydrogen-bond acceptors (Lipinski definition) is 2. The topological polar surface area (TPSA) is 32.3 Å². The molecule has 0 spiro atoms. The minimum absolute atomic E-state index is 0.120. The number of piperidine rings is 1. The number of carbonyl (C=O) groups is 1. The lowest BCUT2D eigenvalue weighted by Gasteiger charge is -2.41. The molecule has 0 aromatic heterocycles. The highest BCUT2D eigenvalue weighted by Crippen LogP contribution is 2.35. The van der Waals surface area contributed by atoms with Gasteiger partial charge in [0.25, 0.3) is 0 Å². The molecule has 0 aliphatic carbocycles. The fourth-order valence-corrected chi connectivity index (χ4v) is 3.45. The monoisotopic (exact) mass is 288 g/mol. The first-order valence-corrected chi connectivity index (χ1v) is 8.13. The molecule has 116 valence electrons. The standard InChI is InChI=1S/C18H28N2O/c1-4-11-18(12-8-13-19-14-18)17(21)20(3)15(2)16-9-6-5-7-10-16/h5-7,9-10,15,19H,4,8,11-14H2,1-3H3. The van der Waals surface area contributed by atoms with E-state index in [4.69, 9.17) is 0 Å². The predicted molar refractivity (Wildman–Crippen MR) is 87.1 cm³/mol. The SMILES string of the molecule is CCCC1(C(=O)N(C)C(C)c2ccccc2)CCCNC1. The lowest BCUT2D eigenvalue weighted by Crippen LogP contribution is -2.51. The number of carbonyl (C=O) groups excluding carboxylic acids is 1. The van der Waals surface area contributed by atoms with Crippen LogP contribution in [-0.2, 0) is 4.79 Å². The molecule has 3 nitrogen and oxygen atoms in total. The smallest absolute Gasteiger partial charge is 0.230 e. The minimum Gasteiger partial charge on any atom is -0.338 e. The van der Waals surface area contributed by atoms with Crippen molar-refractivity contribution < 1.29 is 4.79 Å². The zero-order valence-corrected chi connectivity index (χ0v) is 13.6. The molecule has 1 saturated heterocycles. The highest BCUT2D eigenvalue weighted by Gasteiger charge is 2.41. The van der Waals surface area contributed by atoms with E-state index in [9.17, 15) is 4.79 Å². The zero-order chi connectivity index (χ0) is 15.3. The van der Waals surface area contributed by atoms with E-state index in [-0.39, 0.29) is 11.5 Å². The summed E-state index contributed by atoms with van der Waals surface area (Å²) >= 11 is 0. The molecule has 1 amide bonds. The number of hydrogen-bond donors (Lipinski definition) is 1. The lowest BCUT2D eigenvalue weighted by atomic mass is 9.75. The highest BCUT2D eigenvalue weighted by molar-refractivity contribution is 5.83. The van der Waals surface area contributed by atoms with Gasteiger partial charge < -0.3 is 10.2 Å².